The number of methoxy groups -OCH3 is 1. The zero-order valence-corrected chi connectivity index (χ0v) is 6.69. The molecule has 4 heteroatoms. The molecule has 0 aliphatic heterocycles. The normalized spacial score (nSPS) is 10.2. The fraction of sp³-hybridized carbons (Fsp3) is 0.125. The first-order chi connectivity index (χ1) is 5.88. The predicted octanol–water partition coefficient (Wildman–Crippen LogP) is 1.33. The molecule has 1 aromatic carbocycles. The number of hydroxylamine groups is 1. The summed E-state index contributed by atoms with van der Waals surface area (Å²) in [7, 11) is 1.57. The summed E-state index contributed by atoms with van der Waals surface area (Å²) in [5.74, 6) is 0.670. The number of aliphatic imine (C=N–C) groups is 1. The van der Waals surface area contributed by atoms with Gasteiger partial charge in [-0.25, -0.2) is 4.99 Å². The Labute approximate surface area is 70.5 Å². The molecule has 0 saturated heterocycles. The van der Waals surface area contributed by atoms with Crippen molar-refractivity contribution in [2.75, 3.05) is 7.11 Å². The van der Waals surface area contributed by atoms with Crippen LogP contribution >= 0.6 is 0 Å². The molecule has 1 aromatic rings. The number of ether oxygens (including phenoxy) is 1. The molecule has 0 aromatic heterocycles. The molecule has 0 heterocycles. The maximum atomic E-state index is 8.25. The van der Waals surface area contributed by atoms with Gasteiger partial charge in [-0.15, -0.1) is 0 Å². The summed E-state index contributed by atoms with van der Waals surface area (Å²) in [6.45, 7) is 0. The minimum absolute atomic E-state index is 0.668. The second-order valence-electron chi connectivity index (χ2n) is 2.06. The Balaban J connectivity index is 2.89. The molecular weight excluding hydrogens is 156 g/mol. The Hall–Kier alpha value is -1.55. The molecule has 0 atom stereocenters. The lowest BCUT2D eigenvalue weighted by Crippen LogP contribution is -2.01. The highest BCUT2D eigenvalue weighted by Gasteiger charge is 1.96. The Morgan fingerprint density at radius 1 is 1.50 bits per heavy atom. The van der Waals surface area contributed by atoms with Crippen molar-refractivity contribution in [3.63, 3.8) is 0 Å². The van der Waals surface area contributed by atoms with Crippen LogP contribution in [0.3, 0.4) is 0 Å². The second-order valence-corrected chi connectivity index (χ2v) is 2.06. The third kappa shape index (κ3) is 1.96. The van der Waals surface area contributed by atoms with Crippen LogP contribution in [-0.4, -0.2) is 18.7 Å². The smallest absolute Gasteiger partial charge is 0.144 e. The third-order valence-electron chi connectivity index (χ3n) is 1.35. The van der Waals surface area contributed by atoms with Gasteiger partial charge in [0.2, 0.25) is 0 Å². The zero-order chi connectivity index (χ0) is 8.81. The van der Waals surface area contributed by atoms with Crippen LogP contribution in [0.4, 0.5) is 5.69 Å². The van der Waals surface area contributed by atoms with Gasteiger partial charge in [-0.3, -0.25) is 10.7 Å². The second kappa shape index (κ2) is 4.35. The lowest BCUT2D eigenvalue weighted by atomic mass is 10.3. The molecule has 0 saturated carbocycles. The first kappa shape index (κ1) is 8.55. The molecule has 0 spiro atoms. The third-order valence-corrected chi connectivity index (χ3v) is 1.35. The quantitative estimate of drug-likeness (QED) is 0.404. The average molecular weight is 166 g/mol. The van der Waals surface area contributed by atoms with Gasteiger partial charge in [-0.1, -0.05) is 12.1 Å². The minimum Gasteiger partial charge on any atom is -0.494 e. The molecule has 0 unspecified atom stereocenters. The van der Waals surface area contributed by atoms with E-state index in [-0.39, 0.29) is 0 Å². The molecule has 1 rings (SSSR count). The fourth-order valence-electron chi connectivity index (χ4n) is 0.835. The summed E-state index contributed by atoms with van der Waals surface area (Å²) in [6, 6.07) is 7.27. The van der Waals surface area contributed by atoms with Crippen molar-refractivity contribution in [1.82, 2.24) is 5.48 Å². The molecule has 0 amide bonds. The van der Waals surface area contributed by atoms with E-state index in [1.165, 1.54) is 6.34 Å². The molecule has 4 nitrogen and oxygen atoms in total. The summed E-state index contributed by atoms with van der Waals surface area (Å²) in [5, 5.41) is 8.25. The van der Waals surface area contributed by atoms with E-state index in [1.54, 1.807) is 19.2 Å². The largest absolute Gasteiger partial charge is 0.494 e. The number of nitrogens with one attached hydrogen (secondary N) is 1. The van der Waals surface area contributed by atoms with Crippen LogP contribution in [0.15, 0.2) is 29.3 Å². The summed E-state index contributed by atoms with van der Waals surface area (Å²) < 4.78 is 5.02. The summed E-state index contributed by atoms with van der Waals surface area (Å²) in [6.07, 6.45) is 1.18. The molecule has 0 aliphatic rings. The Kier molecular flexibility index (Phi) is 3.10. The molecular formula is C8H10N2O2. The molecule has 12 heavy (non-hydrogen) atoms. The van der Waals surface area contributed by atoms with Crippen molar-refractivity contribution >= 4 is 12.0 Å². The van der Waals surface area contributed by atoms with Crippen molar-refractivity contribution < 1.29 is 9.94 Å². The van der Waals surface area contributed by atoms with E-state index in [4.69, 9.17) is 9.94 Å². The van der Waals surface area contributed by atoms with Crippen molar-refractivity contribution in [3.8, 4) is 5.75 Å². The van der Waals surface area contributed by atoms with Gasteiger partial charge in [0.25, 0.3) is 0 Å². The monoisotopic (exact) mass is 166 g/mol. The molecule has 2 N–H and O–H groups in total. The van der Waals surface area contributed by atoms with E-state index in [9.17, 15) is 0 Å². The van der Waals surface area contributed by atoms with Crippen molar-refractivity contribution in [3.05, 3.63) is 24.3 Å². The van der Waals surface area contributed by atoms with E-state index >= 15 is 0 Å². The molecule has 0 bridgehead atoms. The van der Waals surface area contributed by atoms with Crippen LogP contribution in [0.2, 0.25) is 0 Å². The molecule has 0 fully saturated rings. The topological polar surface area (TPSA) is 53.8 Å². The van der Waals surface area contributed by atoms with Gasteiger partial charge in [0, 0.05) is 0 Å². The van der Waals surface area contributed by atoms with Crippen molar-refractivity contribution in [1.29, 1.82) is 0 Å². The van der Waals surface area contributed by atoms with E-state index in [2.05, 4.69) is 4.99 Å². The first-order valence-electron chi connectivity index (χ1n) is 3.43. The fourth-order valence-corrected chi connectivity index (χ4v) is 0.835. The molecule has 0 aliphatic carbocycles. The highest BCUT2D eigenvalue weighted by molar-refractivity contribution is 5.63. The summed E-state index contributed by atoms with van der Waals surface area (Å²) in [4.78, 5) is 3.88. The average Bonchev–Trinajstić information content (AvgIpc) is 2.15. The van der Waals surface area contributed by atoms with Crippen LogP contribution in [-0.2, 0) is 0 Å². The summed E-state index contributed by atoms with van der Waals surface area (Å²) >= 11 is 0. The molecule has 64 valence electrons. The van der Waals surface area contributed by atoms with Gasteiger partial charge < -0.3 is 4.74 Å². The minimum atomic E-state index is 0.668. The lowest BCUT2D eigenvalue weighted by molar-refractivity contribution is 0.240. The standard InChI is InChI=1S/C8H10N2O2/c1-12-8-5-3-2-4-7(8)9-6-10-11/h2-6,11H,1H3,(H,9,10). The Bertz CT molecular complexity index is 274. The zero-order valence-electron chi connectivity index (χ0n) is 6.69. The van der Waals surface area contributed by atoms with E-state index in [0.29, 0.717) is 11.4 Å². The van der Waals surface area contributed by atoms with Crippen LogP contribution < -0.4 is 10.2 Å². The number of para-hydroxylation sites is 2. The summed E-state index contributed by atoms with van der Waals surface area (Å²) in [5.41, 5.74) is 2.49. The number of benzene rings is 1. The Morgan fingerprint density at radius 2 is 2.25 bits per heavy atom. The number of hydrogen-bond donors (Lipinski definition) is 2. The highest BCUT2D eigenvalue weighted by Crippen LogP contribution is 2.25. The van der Waals surface area contributed by atoms with Crippen LogP contribution in [0, 0.1) is 0 Å². The maximum absolute atomic E-state index is 8.25. The predicted molar refractivity (Wildman–Crippen MR) is 46.1 cm³/mol. The van der Waals surface area contributed by atoms with Gasteiger partial charge in [0.1, 0.15) is 17.8 Å². The number of nitrogens with zero attached hydrogens (tertiary/aromatic N) is 1. The maximum Gasteiger partial charge on any atom is 0.144 e. The van der Waals surface area contributed by atoms with Gasteiger partial charge in [0.15, 0.2) is 0 Å². The van der Waals surface area contributed by atoms with E-state index < -0.39 is 0 Å². The first-order valence-corrected chi connectivity index (χ1v) is 3.43. The lowest BCUT2D eigenvalue weighted by Gasteiger charge is -2.01. The van der Waals surface area contributed by atoms with Crippen molar-refractivity contribution in [2.45, 2.75) is 0 Å². The van der Waals surface area contributed by atoms with E-state index in [0.717, 1.165) is 0 Å². The highest BCUT2D eigenvalue weighted by atomic mass is 16.5. The van der Waals surface area contributed by atoms with Crippen LogP contribution in [0.1, 0.15) is 0 Å². The number of rotatable bonds is 3. The Morgan fingerprint density at radius 3 is 2.92 bits per heavy atom. The van der Waals surface area contributed by atoms with Gasteiger partial charge in [-0.05, 0) is 12.1 Å². The van der Waals surface area contributed by atoms with E-state index in [1.807, 2.05) is 17.6 Å². The van der Waals surface area contributed by atoms with Crippen LogP contribution in [0.25, 0.3) is 0 Å². The van der Waals surface area contributed by atoms with Gasteiger partial charge in [-0.2, -0.15) is 0 Å². The van der Waals surface area contributed by atoms with Crippen LogP contribution in [0.5, 0.6) is 5.75 Å². The van der Waals surface area contributed by atoms with Crippen molar-refractivity contribution in [2.24, 2.45) is 4.99 Å². The van der Waals surface area contributed by atoms with Gasteiger partial charge in [0.05, 0.1) is 7.11 Å². The van der Waals surface area contributed by atoms with Gasteiger partial charge >= 0.3 is 0 Å². The number of hydrogen-bond acceptors (Lipinski definition) is 3. The molecule has 0 radical (unpaired) electrons. The SMILES string of the molecule is COc1ccccc1N=CNO.